The lowest BCUT2D eigenvalue weighted by molar-refractivity contribution is 0.208. The number of hydrogen-bond acceptors (Lipinski definition) is 2. The van der Waals surface area contributed by atoms with Crippen LogP contribution in [0.3, 0.4) is 0 Å². The van der Waals surface area contributed by atoms with Crippen LogP contribution in [0.2, 0.25) is 0 Å². The summed E-state index contributed by atoms with van der Waals surface area (Å²) in [6.07, 6.45) is 2.51. The molecule has 0 aliphatic carbocycles. The van der Waals surface area contributed by atoms with Gasteiger partial charge in [0.1, 0.15) is 5.75 Å². The Hall–Kier alpha value is -0.540. The predicted octanol–water partition coefficient (Wildman–Crippen LogP) is 3.74. The highest BCUT2D eigenvalue weighted by Gasteiger charge is 2.06. The van der Waals surface area contributed by atoms with Gasteiger partial charge in [-0.15, -0.1) is 0 Å². The second kappa shape index (κ2) is 6.92. The van der Waals surface area contributed by atoms with Crippen LogP contribution in [-0.4, -0.2) is 13.2 Å². The van der Waals surface area contributed by atoms with Gasteiger partial charge < -0.3 is 10.1 Å². The van der Waals surface area contributed by atoms with Gasteiger partial charge in [-0.2, -0.15) is 0 Å². The highest BCUT2D eigenvalue weighted by molar-refractivity contribution is 9.10. The number of ether oxygens (including phenoxy) is 1. The van der Waals surface area contributed by atoms with Gasteiger partial charge in [0.05, 0.1) is 10.6 Å². The zero-order valence-electron chi connectivity index (χ0n) is 10.2. The fourth-order valence-electron chi connectivity index (χ4n) is 1.64. The smallest absolute Gasteiger partial charge is 0.133 e. The van der Waals surface area contributed by atoms with E-state index in [1.807, 2.05) is 13.1 Å². The van der Waals surface area contributed by atoms with Crippen LogP contribution in [0, 0.1) is 0 Å². The summed E-state index contributed by atoms with van der Waals surface area (Å²) in [5, 5.41) is 3.13. The molecule has 0 saturated carbocycles. The molecule has 2 nitrogen and oxygen atoms in total. The Balaban J connectivity index is 2.67. The van der Waals surface area contributed by atoms with E-state index in [2.05, 4.69) is 47.2 Å². The van der Waals surface area contributed by atoms with Crippen molar-refractivity contribution in [2.45, 2.75) is 39.3 Å². The van der Waals surface area contributed by atoms with E-state index in [9.17, 15) is 0 Å². The standard InChI is InChI=1S/C13H20BrNO/c1-4-5-10(2)16-13-7-6-11(9-15-3)8-12(13)14/h6-8,10,15H,4-5,9H2,1-3H3. The lowest BCUT2D eigenvalue weighted by atomic mass is 10.2. The Morgan fingerprint density at radius 2 is 2.19 bits per heavy atom. The van der Waals surface area contributed by atoms with Gasteiger partial charge in [0.2, 0.25) is 0 Å². The van der Waals surface area contributed by atoms with Crippen molar-refractivity contribution in [3.8, 4) is 5.75 Å². The fraction of sp³-hybridized carbons (Fsp3) is 0.538. The van der Waals surface area contributed by atoms with Gasteiger partial charge in [0.25, 0.3) is 0 Å². The molecule has 1 N–H and O–H groups in total. The first-order chi connectivity index (χ1) is 7.67. The third-order valence-corrected chi connectivity index (χ3v) is 3.02. The molecule has 0 bridgehead atoms. The quantitative estimate of drug-likeness (QED) is 0.860. The molecule has 0 spiro atoms. The maximum Gasteiger partial charge on any atom is 0.133 e. The molecule has 0 amide bonds. The molecule has 0 saturated heterocycles. The Labute approximate surface area is 107 Å². The average Bonchev–Trinajstić information content (AvgIpc) is 2.23. The van der Waals surface area contributed by atoms with Crippen LogP contribution in [0.4, 0.5) is 0 Å². The first-order valence-electron chi connectivity index (χ1n) is 5.77. The monoisotopic (exact) mass is 285 g/mol. The van der Waals surface area contributed by atoms with E-state index >= 15 is 0 Å². The Bertz CT molecular complexity index is 328. The van der Waals surface area contributed by atoms with E-state index in [0.717, 1.165) is 29.6 Å². The molecule has 0 radical (unpaired) electrons. The number of hydrogen-bond donors (Lipinski definition) is 1. The van der Waals surface area contributed by atoms with Gasteiger partial charge in [-0.1, -0.05) is 19.4 Å². The van der Waals surface area contributed by atoms with Gasteiger partial charge in [-0.25, -0.2) is 0 Å². The number of halogens is 1. The van der Waals surface area contributed by atoms with Crippen molar-refractivity contribution in [1.29, 1.82) is 0 Å². The topological polar surface area (TPSA) is 21.3 Å². The van der Waals surface area contributed by atoms with Gasteiger partial charge in [-0.3, -0.25) is 0 Å². The largest absolute Gasteiger partial charge is 0.490 e. The van der Waals surface area contributed by atoms with Crippen LogP contribution in [-0.2, 0) is 6.54 Å². The third kappa shape index (κ3) is 4.14. The van der Waals surface area contributed by atoms with E-state index in [1.54, 1.807) is 0 Å². The summed E-state index contributed by atoms with van der Waals surface area (Å²) < 4.78 is 6.88. The Morgan fingerprint density at radius 3 is 2.75 bits per heavy atom. The maximum absolute atomic E-state index is 5.85. The second-order valence-electron chi connectivity index (χ2n) is 4.01. The molecule has 1 aromatic rings. The molecule has 0 aliphatic heterocycles. The molecule has 0 aliphatic rings. The summed E-state index contributed by atoms with van der Waals surface area (Å²) in [4.78, 5) is 0. The van der Waals surface area contributed by atoms with Crippen molar-refractivity contribution in [2.75, 3.05) is 7.05 Å². The highest BCUT2D eigenvalue weighted by atomic mass is 79.9. The van der Waals surface area contributed by atoms with Gasteiger partial charge in [0, 0.05) is 6.54 Å². The lowest BCUT2D eigenvalue weighted by Gasteiger charge is -2.15. The van der Waals surface area contributed by atoms with Crippen molar-refractivity contribution in [1.82, 2.24) is 5.32 Å². The van der Waals surface area contributed by atoms with Crippen molar-refractivity contribution < 1.29 is 4.74 Å². The average molecular weight is 286 g/mol. The maximum atomic E-state index is 5.85. The highest BCUT2D eigenvalue weighted by Crippen LogP contribution is 2.27. The molecule has 1 atom stereocenters. The zero-order valence-corrected chi connectivity index (χ0v) is 11.8. The van der Waals surface area contributed by atoms with E-state index in [4.69, 9.17) is 4.74 Å². The minimum atomic E-state index is 0.274. The van der Waals surface area contributed by atoms with Crippen LogP contribution < -0.4 is 10.1 Å². The zero-order chi connectivity index (χ0) is 12.0. The van der Waals surface area contributed by atoms with Crippen LogP contribution in [0.1, 0.15) is 32.3 Å². The summed E-state index contributed by atoms with van der Waals surface area (Å²) in [6.45, 7) is 5.16. The molecule has 3 heteroatoms. The summed E-state index contributed by atoms with van der Waals surface area (Å²) in [6, 6.07) is 6.22. The third-order valence-electron chi connectivity index (χ3n) is 2.40. The molecule has 0 heterocycles. The van der Waals surface area contributed by atoms with Gasteiger partial charge in [0.15, 0.2) is 0 Å². The van der Waals surface area contributed by atoms with E-state index < -0.39 is 0 Å². The van der Waals surface area contributed by atoms with E-state index in [0.29, 0.717) is 0 Å². The molecule has 16 heavy (non-hydrogen) atoms. The molecular weight excluding hydrogens is 266 g/mol. The molecule has 1 rings (SSSR count). The normalized spacial score (nSPS) is 12.5. The summed E-state index contributed by atoms with van der Waals surface area (Å²) in [7, 11) is 1.95. The number of nitrogens with one attached hydrogen (secondary N) is 1. The van der Waals surface area contributed by atoms with Crippen LogP contribution in [0.25, 0.3) is 0 Å². The molecule has 0 fully saturated rings. The SMILES string of the molecule is CCCC(C)Oc1ccc(CNC)cc1Br. The Kier molecular flexibility index (Phi) is 5.85. The van der Waals surface area contributed by atoms with E-state index in [1.165, 1.54) is 5.56 Å². The summed E-state index contributed by atoms with van der Waals surface area (Å²) in [5.74, 6) is 0.931. The Morgan fingerprint density at radius 1 is 1.44 bits per heavy atom. The number of rotatable bonds is 6. The molecule has 1 aromatic carbocycles. The van der Waals surface area contributed by atoms with Crippen molar-refractivity contribution in [3.05, 3.63) is 28.2 Å². The predicted molar refractivity (Wildman–Crippen MR) is 71.9 cm³/mol. The minimum absolute atomic E-state index is 0.274. The molecular formula is C13H20BrNO. The molecule has 0 aromatic heterocycles. The first-order valence-corrected chi connectivity index (χ1v) is 6.56. The lowest BCUT2D eigenvalue weighted by Crippen LogP contribution is -2.11. The van der Waals surface area contributed by atoms with Crippen molar-refractivity contribution in [2.24, 2.45) is 0 Å². The first kappa shape index (κ1) is 13.5. The summed E-state index contributed by atoms with van der Waals surface area (Å²) >= 11 is 3.54. The second-order valence-corrected chi connectivity index (χ2v) is 4.87. The fourth-order valence-corrected chi connectivity index (χ4v) is 2.16. The summed E-state index contributed by atoms with van der Waals surface area (Å²) in [5.41, 5.74) is 1.25. The van der Waals surface area contributed by atoms with Crippen LogP contribution in [0.15, 0.2) is 22.7 Å². The van der Waals surface area contributed by atoms with E-state index in [-0.39, 0.29) is 6.10 Å². The van der Waals surface area contributed by atoms with Crippen LogP contribution in [0.5, 0.6) is 5.75 Å². The van der Waals surface area contributed by atoms with Crippen molar-refractivity contribution in [3.63, 3.8) is 0 Å². The number of benzene rings is 1. The van der Waals surface area contributed by atoms with Crippen LogP contribution >= 0.6 is 15.9 Å². The molecule has 90 valence electrons. The minimum Gasteiger partial charge on any atom is -0.490 e. The van der Waals surface area contributed by atoms with Gasteiger partial charge >= 0.3 is 0 Å². The van der Waals surface area contributed by atoms with Gasteiger partial charge in [-0.05, 0) is 54.0 Å². The van der Waals surface area contributed by atoms with Crippen molar-refractivity contribution >= 4 is 15.9 Å². The molecule has 1 unspecified atom stereocenters.